The second-order valence-corrected chi connectivity index (χ2v) is 6.67. The van der Waals surface area contributed by atoms with E-state index in [1.54, 1.807) is 37.3 Å². The van der Waals surface area contributed by atoms with E-state index in [2.05, 4.69) is 5.32 Å². The van der Waals surface area contributed by atoms with Crippen molar-refractivity contribution in [1.29, 1.82) is 0 Å². The van der Waals surface area contributed by atoms with Crippen LogP contribution in [0.2, 0.25) is 0 Å². The predicted octanol–water partition coefficient (Wildman–Crippen LogP) is 2.58. The summed E-state index contributed by atoms with van der Waals surface area (Å²) in [6.07, 6.45) is 0. The van der Waals surface area contributed by atoms with Crippen LogP contribution in [-0.2, 0) is 16.1 Å². The SMILES string of the molecule is CCN1CCN(Cc2ccc(C(=O)Nc3cccc(F)c3C)cc2)C(=O)C1=O. The number of carbonyl (C=O) groups excluding carboxylic acids is 3. The molecule has 1 aliphatic heterocycles. The zero-order valence-corrected chi connectivity index (χ0v) is 15.9. The third kappa shape index (κ3) is 4.03. The lowest BCUT2D eigenvalue weighted by molar-refractivity contribution is -0.156. The summed E-state index contributed by atoms with van der Waals surface area (Å²) in [4.78, 5) is 39.6. The topological polar surface area (TPSA) is 69.7 Å². The minimum absolute atomic E-state index is 0.313. The molecule has 0 aliphatic carbocycles. The third-order valence-corrected chi connectivity index (χ3v) is 4.88. The van der Waals surface area contributed by atoms with Gasteiger partial charge in [-0.25, -0.2) is 4.39 Å². The quantitative estimate of drug-likeness (QED) is 0.807. The van der Waals surface area contributed by atoms with Gasteiger partial charge in [0, 0.05) is 43.0 Å². The average molecular weight is 383 g/mol. The van der Waals surface area contributed by atoms with Gasteiger partial charge in [0.1, 0.15) is 5.82 Å². The Morgan fingerprint density at radius 3 is 2.36 bits per heavy atom. The first-order valence-corrected chi connectivity index (χ1v) is 9.14. The van der Waals surface area contributed by atoms with E-state index in [0.29, 0.717) is 43.0 Å². The summed E-state index contributed by atoms with van der Waals surface area (Å²) in [7, 11) is 0. The lowest BCUT2D eigenvalue weighted by Gasteiger charge is -2.33. The fourth-order valence-corrected chi connectivity index (χ4v) is 3.09. The lowest BCUT2D eigenvalue weighted by Crippen LogP contribution is -2.53. The van der Waals surface area contributed by atoms with Gasteiger partial charge in [0.15, 0.2) is 0 Å². The van der Waals surface area contributed by atoms with E-state index in [9.17, 15) is 18.8 Å². The van der Waals surface area contributed by atoms with E-state index in [1.165, 1.54) is 21.9 Å². The van der Waals surface area contributed by atoms with Gasteiger partial charge in [-0.2, -0.15) is 0 Å². The standard InChI is InChI=1S/C21H22FN3O3/c1-3-24-11-12-25(21(28)20(24)27)13-15-7-9-16(10-8-15)19(26)23-18-6-4-5-17(22)14(18)2/h4-10H,3,11-13H2,1-2H3,(H,23,26). The Kier molecular flexibility index (Phi) is 5.73. The van der Waals surface area contributed by atoms with E-state index >= 15 is 0 Å². The molecule has 1 heterocycles. The molecule has 28 heavy (non-hydrogen) atoms. The summed E-state index contributed by atoms with van der Waals surface area (Å²) in [6.45, 7) is 5.29. The van der Waals surface area contributed by atoms with Gasteiger partial charge in [-0.1, -0.05) is 18.2 Å². The van der Waals surface area contributed by atoms with Gasteiger partial charge in [0.2, 0.25) is 0 Å². The second kappa shape index (κ2) is 8.21. The molecule has 1 saturated heterocycles. The second-order valence-electron chi connectivity index (χ2n) is 6.67. The van der Waals surface area contributed by atoms with Gasteiger partial charge in [-0.3, -0.25) is 14.4 Å². The molecular formula is C21H22FN3O3. The van der Waals surface area contributed by atoms with Crippen LogP contribution in [0.3, 0.4) is 0 Å². The van der Waals surface area contributed by atoms with Crippen molar-refractivity contribution in [2.45, 2.75) is 20.4 Å². The van der Waals surface area contributed by atoms with Crippen molar-refractivity contribution in [3.8, 4) is 0 Å². The van der Waals surface area contributed by atoms with Crippen LogP contribution in [-0.4, -0.2) is 47.2 Å². The molecule has 2 aromatic carbocycles. The van der Waals surface area contributed by atoms with Crippen molar-refractivity contribution in [3.05, 3.63) is 65.0 Å². The molecule has 0 saturated carbocycles. The highest BCUT2D eigenvalue weighted by Crippen LogP contribution is 2.19. The maximum Gasteiger partial charge on any atom is 0.312 e. The van der Waals surface area contributed by atoms with Crippen LogP contribution in [0.5, 0.6) is 0 Å². The number of nitrogens with zero attached hydrogens (tertiary/aromatic N) is 2. The minimum atomic E-state index is -0.503. The number of hydrogen-bond acceptors (Lipinski definition) is 3. The minimum Gasteiger partial charge on any atom is -0.333 e. The number of anilines is 1. The molecule has 3 rings (SSSR count). The summed E-state index contributed by atoms with van der Waals surface area (Å²) in [5, 5.41) is 2.70. The molecule has 2 aromatic rings. The maximum absolute atomic E-state index is 13.6. The maximum atomic E-state index is 13.6. The van der Waals surface area contributed by atoms with E-state index < -0.39 is 11.8 Å². The molecule has 0 radical (unpaired) electrons. The average Bonchev–Trinajstić information content (AvgIpc) is 2.70. The highest BCUT2D eigenvalue weighted by molar-refractivity contribution is 6.35. The molecule has 3 amide bonds. The summed E-state index contributed by atoms with van der Waals surface area (Å²) >= 11 is 0. The highest BCUT2D eigenvalue weighted by Gasteiger charge is 2.31. The molecule has 1 aliphatic rings. The van der Waals surface area contributed by atoms with Gasteiger partial charge in [0.05, 0.1) is 0 Å². The Bertz CT molecular complexity index is 912. The summed E-state index contributed by atoms with van der Waals surface area (Å²) < 4.78 is 13.6. The van der Waals surface area contributed by atoms with E-state index in [-0.39, 0.29) is 11.7 Å². The Morgan fingerprint density at radius 1 is 1.04 bits per heavy atom. The summed E-state index contributed by atoms with van der Waals surface area (Å²) in [5.74, 6) is -1.70. The van der Waals surface area contributed by atoms with Crippen LogP contribution in [0.1, 0.15) is 28.4 Å². The summed E-state index contributed by atoms with van der Waals surface area (Å²) in [6, 6.07) is 11.3. The molecule has 7 heteroatoms. The van der Waals surface area contributed by atoms with Crippen LogP contribution >= 0.6 is 0 Å². The van der Waals surface area contributed by atoms with Gasteiger partial charge < -0.3 is 15.1 Å². The van der Waals surface area contributed by atoms with Gasteiger partial charge in [-0.15, -0.1) is 0 Å². The fraction of sp³-hybridized carbons (Fsp3) is 0.286. The molecule has 0 atom stereocenters. The smallest absolute Gasteiger partial charge is 0.312 e. The number of piperazine rings is 1. The van der Waals surface area contributed by atoms with Crippen molar-refractivity contribution < 1.29 is 18.8 Å². The van der Waals surface area contributed by atoms with Crippen LogP contribution in [0, 0.1) is 12.7 Å². The number of rotatable bonds is 5. The number of carbonyl (C=O) groups is 3. The Hall–Kier alpha value is -3.22. The third-order valence-electron chi connectivity index (χ3n) is 4.88. The zero-order valence-electron chi connectivity index (χ0n) is 15.9. The Balaban J connectivity index is 1.65. The Morgan fingerprint density at radius 2 is 1.68 bits per heavy atom. The Labute approximate surface area is 162 Å². The monoisotopic (exact) mass is 383 g/mol. The number of benzene rings is 2. The van der Waals surface area contributed by atoms with Gasteiger partial charge in [-0.05, 0) is 43.7 Å². The molecule has 146 valence electrons. The molecule has 0 unspecified atom stereocenters. The van der Waals surface area contributed by atoms with Crippen LogP contribution in [0.15, 0.2) is 42.5 Å². The van der Waals surface area contributed by atoms with Crippen molar-refractivity contribution in [2.75, 3.05) is 25.0 Å². The number of amides is 3. The van der Waals surface area contributed by atoms with E-state index in [1.807, 2.05) is 6.92 Å². The van der Waals surface area contributed by atoms with E-state index in [0.717, 1.165) is 5.56 Å². The van der Waals surface area contributed by atoms with E-state index in [4.69, 9.17) is 0 Å². The molecule has 0 aromatic heterocycles. The normalized spacial score (nSPS) is 14.4. The number of nitrogens with one attached hydrogen (secondary N) is 1. The lowest BCUT2D eigenvalue weighted by atomic mass is 10.1. The van der Waals surface area contributed by atoms with Crippen molar-refractivity contribution >= 4 is 23.4 Å². The number of halogens is 1. The molecule has 0 spiro atoms. The number of hydrogen-bond donors (Lipinski definition) is 1. The molecule has 1 fully saturated rings. The van der Waals surface area contributed by atoms with Crippen molar-refractivity contribution in [2.24, 2.45) is 0 Å². The van der Waals surface area contributed by atoms with Crippen LogP contribution in [0.25, 0.3) is 0 Å². The largest absolute Gasteiger partial charge is 0.333 e. The first-order valence-electron chi connectivity index (χ1n) is 9.14. The molecule has 0 bridgehead atoms. The van der Waals surface area contributed by atoms with Crippen molar-refractivity contribution in [1.82, 2.24) is 9.80 Å². The van der Waals surface area contributed by atoms with Crippen LogP contribution in [0.4, 0.5) is 10.1 Å². The molecule has 6 nitrogen and oxygen atoms in total. The summed E-state index contributed by atoms with van der Waals surface area (Å²) in [5.41, 5.74) is 2.05. The van der Waals surface area contributed by atoms with Gasteiger partial charge >= 0.3 is 11.8 Å². The fourth-order valence-electron chi connectivity index (χ4n) is 3.09. The predicted molar refractivity (Wildman–Crippen MR) is 103 cm³/mol. The highest BCUT2D eigenvalue weighted by atomic mass is 19.1. The zero-order chi connectivity index (χ0) is 20.3. The van der Waals surface area contributed by atoms with Gasteiger partial charge in [0.25, 0.3) is 5.91 Å². The number of likely N-dealkylation sites (N-methyl/N-ethyl adjacent to an activating group) is 1. The van der Waals surface area contributed by atoms with Crippen molar-refractivity contribution in [3.63, 3.8) is 0 Å². The first kappa shape index (κ1) is 19.5. The first-order chi connectivity index (χ1) is 13.4. The van der Waals surface area contributed by atoms with Crippen LogP contribution < -0.4 is 5.32 Å². The molecular weight excluding hydrogens is 361 g/mol. The molecule has 1 N–H and O–H groups in total.